The van der Waals surface area contributed by atoms with Crippen LogP contribution in [0.4, 0.5) is 19.4 Å². The number of hydrogen-bond donors (Lipinski definition) is 0. The first-order chi connectivity index (χ1) is 12.7. The van der Waals surface area contributed by atoms with Gasteiger partial charge in [-0.25, -0.2) is 9.67 Å². The minimum Gasteiger partial charge on any atom is -0.480 e. The molecule has 2 heterocycles. The van der Waals surface area contributed by atoms with Gasteiger partial charge in [-0.1, -0.05) is 31.6 Å². The van der Waals surface area contributed by atoms with Crippen LogP contribution < -0.4 is 4.74 Å². The smallest absolute Gasteiger partial charge is 0.310 e. The highest BCUT2D eigenvalue weighted by Gasteiger charge is 2.65. The van der Waals surface area contributed by atoms with E-state index in [0.29, 0.717) is 24.2 Å². The molecule has 3 aromatic rings. The Kier molecular flexibility index (Phi) is 4.02. The molecule has 152 valence electrons. The third-order valence-corrected chi connectivity index (χ3v) is 5.30. The molecule has 0 aliphatic heterocycles. The molecule has 28 heavy (non-hydrogen) atoms. The van der Waals surface area contributed by atoms with E-state index in [0.717, 1.165) is 12.1 Å². The van der Waals surface area contributed by atoms with Crippen LogP contribution in [-0.2, 0) is 0 Å². The lowest BCUT2D eigenvalue weighted by atomic mass is 10.1. The molecule has 0 amide bonds. The number of carbonyl (C=O) groups is 1. The first kappa shape index (κ1) is 20.0. The highest BCUT2D eigenvalue weighted by atomic mass is 32.5. The van der Waals surface area contributed by atoms with Crippen LogP contribution in [-0.4, -0.2) is 33.1 Å². The molecule has 1 unspecified atom stereocenters. The number of benzene rings is 1. The molecule has 12 heteroatoms. The zero-order valence-electron chi connectivity index (χ0n) is 14.9. The molecule has 1 aromatic carbocycles. The molecule has 0 saturated carbocycles. The van der Waals surface area contributed by atoms with Crippen molar-refractivity contribution in [3.05, 3.63) is 41.3 Å². The number of hydrogen-bond acceptors (Lipinski definition) is 5. The molecule has 3 rings (SSSR count). The maximum Gasteiger partial charge on any atom is 0.310 e. The Balaban J connectivity index is 2.13. The van der Waals surface area contributed by atoms with E-state index in [1.807, 2.05) is 0 Å². The van der Waals surface area contributed by atoms with E-state index in [9.17, 15) is 24.2 Å². The first-order valence-electron chi connectivity index (χ1n) is 7.85. The minimum absolute atomic E-state index is 0.0117. The number of aromatic nitrogens is 4. The average molecular weight is 422 g/mol. The number of nitrogens with zero attached hydrogens (tertiary/aromatic N) is 4. The zero-order chi connectivity index (χ0) is 21.0. The highest BCUT2D eigenvalue weighted by Crippen LogP contribution is 3.02. The Morgan fingerprint density at radius 3 is 2.21 bits per heavy atom. The molecule has 0 bridgehead atoms. The van der Waals surface area contributed by atoms with Crippen LogP contribution in [0.3, 0.4) is 0 Å². The fourth-order valence-electron chi connectivity index (χ4n) is 2.78. The fraction of sp³-hybridized carbons (Fsp3) is 0.250. The predicted molar refractivity (Wildman–Crippen MR) is 93.7 cm³/mol. The van der Waals surface area contributed by atoms with Crippen molar-refractivity contribution in [2.75, 3.05) is 7.11 Å². The van der Waals surface area contributed by atoms with Gasteiger partial charge in [-0.3, -0.25) is 4.79 Å². The van der Waals surface area contributed by atoms with Crippen LogP contribution in [0, 0.1) is 6.92 Å². The summed E-state index contributed by atoms with van der Waals surface area (Å²) >= 11 is 0. The maximum absolute atomic E-state index is 12.9. The number of carbonyl (C=O) groups excluding carboxylic acids is 1. The Morgan fingerprint density at radius 1 is 1.11 bits per heavy atom. The number of aryl methyl sites for hydroxylation is 1. The summed E-state index contributed by atoms with van der Waals surface area (Å²) in [7, 11) is -8.40. The second-order valence-corrected chi connectivity index (χ2v) is 8.55. The van der Waals surface area contributed by atoms with E-state index in [1.165, 1.54) is 11.8 Å². The SMILES string of the molecule is COc1nc(C)nc2c1c(C=O)nn2C(C)c1ccc(S(F)(F)(F)(F)F)cc1. The normalized spacial score (nSPS) is 15.7. The number of rotatable bonds is 5. The summed E-state index contributed by atoms with van der Waals surface area (Å²) in [5, 5.41) is 4.38. The van der Waals surface area contributed by atoms with E-state index in [-0.39, 0.29) is 28.2 Å². The van der Waals surface area contributed by atoms with Gasteiger partial charge in [0.15, 0.2) is 11.9 Å². The average Bonchev–Trinajstić information content (AvgIpc) is 2.97. The number of ether oxygens (including phenoxy) is 1. The third-order valence-electron chi connectivity index (χ3n) is 4.14. The minimum atomic E-state index is -9.75. The second-order valence-electron chi connectivity index (χ2n) is 6.14. The van der Waals surface area contributed by atoms with E-state index < -0.39 is 21.2 Å². The van der Waals surface area contributed by atoms with Gasteiger partial charge < -0.3 is 4.74 Å². The quantitative estimate of drug-likeness (QED) is 0.416. The van der Waals surface area contributed by atoms with Crippen LogP contribution in [0.15, 0.2) is 29.2 Å². The molecule has 0 aliphatic rings. The van der Waals surface area contributed by atoms with Gasteiger partial charge >= 0.3 is 10.2 Å². The summed E-state index contributed by atoms with van der Waals surface area (Å²) < 4.78 is 71.0. The van der Waals surface area contributed by atoms with Crippen molar-refractivity contribution in [2.45, 2.75) is 24.8 Å². The molecular weight excluding hydrogens is 407 g/mol. The van der Waals surface area contributed by atoms with Crippen LogP contribution in [0.2, 0.25) is 0 Å². The van der Waals surface area contributed by atoms with Crippen LogP contribution in [0.1, 0.15) is 34.8 Å². The first-order valence-corrected chi connectivity index (χ1v) is 9.80. The summed E-state index contributed by atoms with van der Waals surface area (Å²) in [6.45, 7) is 3.17. The lowest BCUT2D eigenvalue weighted by molar-refractivity contribution is 0.111. The molecular formula is C16H15F5N4O2S. The van der Waals surface area contributed by atoms with Gasteiger partial charge in [-0.15, -0.1) is 0 Å². The standard InChI is InChI=1S/C16H15F5N4O2S/c1-9(11-4-6-12(7-5-11)28(17,18,19,20)21)25-15-14(13(8-26)24-25)16(27-3)23-10(2)22-15/h4-9H,1-3H3. The maximum atomic E-state index is 12.9. The van der Waals surface area contributed by atoms with Crippen LogP contribution in [0.25, 0.3) is 11.0 Å². The largest absolute Gasteiger partial charge is 0.480 e. The molecule has 1 atom stereocenters. The monoisotopic (exact) mass is 422 g/mol. The van der Waals surface area contributed by atoms with Crippen molar-refractivity contribution >= 4 is 27.5 Å². The zero-order valence-corrected chi connectivity index (χ0v) is 15.7. The van der Waals surface area contributed by atoms with Crippen molar-refractivity contribution in [3.8, 4) is 5.88 Å². The number of fused-ring (bicyclic) bond motifs is 1. The lowest BCUT2D eigenvalue weighted by Gasteiger charge is -2.40. The summed E-state index contributed by atoms with van der Waals surface area (Å²) in [4.78, 5) is 17.7. The van der Waals surface area contributed by atoms with Crippen LogP contribution in [0.5, 0.6) is 5.88 Å². The highest BCUT2D eigenvalue weighted by molar-refractivity contribution is 8.45. The topological polar surface area (TPSA) is 69.9 Å². The Labute approximate surface area is 156 Å². The van der Waals surface area contributed by atoms with E-state index in [4.69, 9.17) is 4.74 Å². The molecule has 0 N–H and O–H groups in total. The Bertz CT molecular complexity index is 1080. The lowest BCUT2D eigenvalue weighted by Crippen LogP contribution is -2.11. The summed E-state index contributed by atoms with van der Waals surface area (Å²) in [5.74, 6) is 0.450. The molecule has 0 spiro atoms. The van der Waals surface area contributed by atoms with E-state index >= 15 is 0 Å². The molecule has 0 radical (unpaired) electrons. The van der Waals surface area contributed by atoms with Gasteiger partial charge in [-0.05, 0) is 31.5 Å². The van der Waals surface area contributed by atoms with Gasteiger partial charge in [0.25, 0.3) is 0 Å². The summed E-state index contributed by atoms with van der Waals surface area (Å²) in [6, 6.07) is 1.85. The Hall–Kier alpha value is -2.76. The number of methoxy groups -OCH3 is 1. The van der Waals surface area contributed by atoms with Crippen molar-refractivity contribution < 1.29 is 29.0 Å². The molecule has 0 aliphatic carbocycles. The second kappa shape index (κ2) is 5.63. The Morgan fingerprint density at radius 2 is 1.71 bits per heavy atom. The molecule has 2 aromatic heterocycles. The van der Waals surface area contributed by atoms with Gasteiger partial charge in [0.2, 0.25) is 5.88 Å². The van der Waals surface area contributed by atoms with E-state index in [2.05, 4.69) is 15.1 Å². The number of halogens is 5. The molecule has 6 nitrogen and oxygen atoms in total. The molecule has 0 fully saturated rings. The van der Waals surface area contributed by atoms with Crippen molar-refractivity contribution in [2.24, 2.45) is 0 Å². The van der Waals surface area contributed by atoms with Gasteiger partial charge in [0.1, 0.15) is 21.8 Å². The predicted octanol–water partition coefficient (Wildman–Crippen LogP) is 5.22. The third kappa shape index (κ3) is 3.51. The summed E-state index contributed by atoms with van der Waals surface area (Å²) in [6.07, 6.45) is 0.476. The fourth-order valence-corrected chi connectivity index (χ4v) is 3.43. The van der Waals surface area contributed by atoms with Gasteiger partial charge in [0.05, 0.1) is 13.2 Å². The van der Waals surface area contributed by atoms with Gasteiger partial charge in [-0.2, -0.15) is 10.1 Å². The van der Waals surface area contributed by atoms with Crippen molar-refractivity contribution in [1.82, 2.24) is 19.7 Å². The number of aldehydes is 1. The van der Waals surface area contributed by atoms with Crippen molar-refractivity contribution in [1.29, 1.82) is 0 Å². The van der Waals surface area contributed by atoms with Crippen LogP contribution >= 0.6 is 10.2 Å². The molecule has 0 saturated heterocycles. The summed E-state index contributed by atoms with van der Waals surface area (Å²) in [5.41, 5.74) is 0.487. The van der Waals surface area contributed by atoms with Gasteiger partial charge in [0, 0.05) is 0 Å². The van der Waals surface area contributed by atoms with Crippen molar-refractivity contribution in [3.63, 3.8) is 0 Å². The van der Waals surface area contributed by atoms with E-state index in [1.54, 1.807) is 13.8 Å².